The molecule has 0 bridgehead atoms. The number of anilines is 1. The summed E-state index contributed by atoms with van der Waals surface area (Å²) in [5.41, 5.74) is 0.599. The first-order chi connectivity index (χ1) is 11.7. The summed E-state index contributed by atoms with van der Waals surface area (Å²) in [5, 5.41) is 5.94. The van der Waals surface area contributed by atoms with Crippen molar-refractivity contribution in [3.8, 4) is 0 Å². The number of piperazine rings is 1. The second-order valence-corrected chi connectivity index (χ2v) is 7.64. The zero-order valence-corrected chi connectivity index (χ0v) is 15.7. The molecule has 1 saturated heterocycles. The van der Waals surface area contributed by atoms with E-state index in [-0.39, 0.29) is 23.4 Å². The number of nitrogens with one attached hydrogen (secondary N) is 2. The maximum absolute atomic E-state index is 12.3. The summed E-state index contributed by atoms with van der Waals surface area (Å²) in [6.07, 6.45) is 0. The molecule has 2 rings (SSSR count). The lowest BCUT2D eigenvalue weighted by molar-refractivity contribution is -0.128. The molecular weight excluding hydrogens is 316 g/mol. The van der Waals surface area contributed by atoms with Crippen molar-refractivity contribution < 1.29 is 9.59 Å². The Hall–Kier alpha value is -1.92. The van der Waals surface area contributed by atoms with Gasteiger partial charge in [0.05, 0.1) is 12.6 Å². The average molecular weight is 346 g/mol. The van der Waals surface area contributed by atoms with E-state index >= 15 is 0 Å². The zero-order valence-electron chi connectivity index (χ0n) is 15.7. The van der Waals surface area contributed by atoms with Gasteiger partial charge in [-0.1, -0.05) is 18.2 Å². The third-order valence-corrected chi connectivity index (χ3v) is 4.26. The molecule has 0 saturated carbocycles. The lowest BCUT2D eigenvalue weighted by Crippen LogP contribution is -2.56. The van der Waals surface area contributed by atoms with Gasteiger partial charge < -0.3 is 10.6 Å². The molecule has 0 spiro atoms. The van der Waals surface area contributed by atoms with Crippen molar-refractivity contribution >= 4 is 17.5 Å². The number of rotatable bonds is 5. The average Bonchev–Trinajstić information content (AvgIpc) is 2.54. The molecule has 1 aromatic carbocycles. The minimum atomic E-state index is -0.220. The molecule has 6 heteroatoms. The minimum absolute atomic E-state index is 0.00169. The summed E-state index contributed by atoms with van der Waals surface area (Å²) in [6.45, 7) is 11.4. The number of amides is 2. The van der Waals surface area contributed by atoms with Gasteiger partial charge in [0.1, 0.15) is 0 Å². The molecule has 1 fully saturated rings. The standard InChI is InChI=1S/C19H30N4O2/c1-15(18(25)21-19(2,3)4)23-12-10-22(11-13-23)14-17(24)20-16-8-6-5-7-9-16/h5-9,15H,10-14H2,1-4H3,(H,20,24)(H,21,25)/t15-/m0/s1. The Morgan fingerprint density at radius 3 is 2.24 bits per heavy atom. The van der Waals surface area contributed by atoms with Crippen molar-refractivity contribution in [1.82, 2.24) is 15.1 Å². The Labute approximate surface area is 150 Å². The highest BCUT2D eigenvalue weighted by molar-refractivity contribution is 5.92. The van der Waals surface area contributed by atoms with Crippen LogP contribution in [-0.2, 0) is 9.59 Å². The van der Waals surface area contributed by atoms with E-state index in [0.717, 1.165) is 31.9 Å². The van der Waals surface area contributed by atoms with E-state index in [1.807, 2.05) is 58.0 Å². The van der Waals surface area contributed by atoms with E-state index in [9.17, 15) is 9.59 Å². The fraction of sp³-hybridized carbons (Fsp3) is 0.579. The maximum atomic E-state index is 12.3. The zero-order chi connectivity index (χ0) is 18.4. The van der Waals surface area contributed by atoms with Crippen LogP contribution in [0.15, 0.2) is 30.3 Å². The van der Waals surface area contributed by atoms with Crippen LogP contribution in [0.3, 0.4) is 0 Å². The number of hydrogen-bond donors (Lipinski definition) is 2. The van der Waals surface area contributed by atoms with Crippen molar-refractivity contribution in [3.05, 3.63) is 30.3 Å². The van der Waals surface area contributed by atoms with Crippen molar-refractivity contribution in [2.75, 3.05) is 38.0 Å². The molecule has 6 nitrogen and oxygen atoms in total. The highest BCUT2D eigenvalue weighted by Crippen LogP contribution is 2.10. The molecule has 1 aliphatic rings. The van der Waals surface area contributed by atoms with Crippen LogP contribution in [0.4, 0.5) is 5.69 Å². The molecule has 0 aliphatic carbocycles. The lowest BCUT2D eigenvalue weighted by Gasteiger charge is -2.38. The third kappa shape index (κ3) is 6.48. The fourth-order valence-corrected chi connectivity index (χ4v) is 2.87. The van der Waals surface area contributed by atoms with Crippen LogP contribution in [0.2, 0.25) is 0 Å². The number of carbonyl (C=O) groups excluding carboxylic acids is 2. The van der Waals surface area contributed by atoms with Gasteiger partial charge in [0.2, 0.25) is 11.8 Å². The van der Waals surface area contributed by atoms with Gasteiger partial charge in [0.15, 0.2) is 0 Å². The van der Waals surface area contributed by atoms with Gasteiger partial charge in [-0.25, -0.2) is 0 Å². The predicted octanol–water partition coefficient (Wildman–Crippen LogP) is 1.55. The Morgan fingerprint density at radius 1 is 1.08 bits per heavy atom. The molecule has 1 aliphatic heterocycles. The molecule has 2 amide bonds. The molecule has 0 aromatic heterocycles. The normalized spacial score (nSPS) is 17.8. The Morgan fingerprint density at radius 2 is 1.68 bits per heavy atom. The second-order valence-electron chi connectivity index (χ2n) is 7.64. The topological polar surface area (TPSA) is 64.7 Å². The molecule has 1 aromatic rings. The van der Waals surface area contributed by atoms with Crippen LogP contribution < -0.4 is 10.6 Å². The highest BCUT2D eigenvalue weighted by Gasteiger charge is 2.28. The summed E-state index contributed by atoms with van der Waals surface area (Å²) in [6, 6.07) is 9.33. The number of nitrogens with zero attached hydrogens (tertiary/aromatic N) is 2. The van der Waals surface area contributed by atoms with Gasteiger partial charge in [-0.3, -0.25) is 19.4 Å². The van der Waals surface area contributed by atoms with Crippen LogP contribution in [0.25, 0.3) is 0 Å². The van der Waals surface area contributed by atoms with Crippen molar-refractivity contribution in [2.24, 2.45) is 0 Å². The monoisotopic (exact) mass is 346 g/mol. The van der Waals surface area contributed by atoms with E-state index < -0.39 is 0 Å². The van der Waals surface area contributed by atoms with Crippen LogP contribution in [-0.4, -0.2) is 65.9 Å². The Kier molecular flexibility index (Phi) is 6.56. The first kappa shape index (κ1) is 19.4. The van der Waals surface area contributed by atoms with Gasteiger partial charge in [0, 0.05) is 37.4 Å². The van der Waals surface area contributed by atoms with Gasteiger partial charge in [-0.2, -0.15) is 0 Å². The van der Waals surface area contributed by atoms with Crippen molar-refractivity contribution in [2.45, 2.75) is 39.3 Å². The fourth-order valence-electron chi connectivity index (χ4n) is 2.87. The number of para-hydroxylation sites is 1. The third-order valence-electron chi connectivity index (χ3n) is 4.26. The van der Waals surface area contributed by atoms with Gasteiger partial charge in [0.25, 0.3) is 0 Å². The maximum Gasteiger partial charge on any atom is 0.238 e. The summed E-state index contributed by atoms with van der Waals surface area (Å²) >= 11 is 0. The Balaban J connectivity index is 1.75. The summed E-state index contributed by atoms with van der Waals surface area (Å²) in [5.74, 6) is 0.0564. The molecule has 25 heavy (non-hydrogen) atoms. The van der Waals surface area contributed by atoms with Crippen LogP contribution in [0, 0.1) is 0 Å². The van der Waals surface area contributed by atoms with Gasteiger partial charge >= 0.3 is 0 Å². The van der Waals surface area contributed by atoms with Crippen LogP contribution >= 0.6 is 0 Å². The summed E-state index contributed by atoms with van der Waals surface area (Å²) in [7, 11) is 0. The van der Waals surface area contributed by atoms with E-state index in [4.69, 9.17) is 0 Å². The van der Waals surface area contributed by atoms with Gasteiger partial charge in [-0.15, -0.1) is 0 Å². The molecule has 0 unspecified atom stereocenters. The number of hydrogen-bond acceptors (Lipinski definition) is 4. The van der Waals surface area contributed by atoms with Crippen LogP contribution in [0.1, 0.15) is 27.7 Å². The van der Waals surface area contributed by atoms with E-state index in [0.29, 0.717) is 6.54 Å². The molecule has 1 heterocycles. The van der Waals surface area contributed by atoms with E-state index in [1.54, 1.807) is 0 Å². The first-order valence-corrected chi connectivity index (χ1v) is 8.88. The van der Waals surface area contributed by atoms with Crippen molar-refractivity contribution in [1.29, 1.82) is 0 Å². The van der Waals surface area contributed by atoms with Crippen molar-refractivity contribution in [3.63, 3.8) is 0 Å². The first-order valence-electron chi connectivity index (χ1n) is 8.88. The minimum Gasteiger partial charge on any atom is -0.350 e. The largest absolute Gasteiger partial charge is 0.350 e. The van der Waals surface area contributed by atoms with E-state index in [1.165, 1.54) is 0 Å². The van der Waals surface area contributed by atoms with Gasteiger partial charge in [-0.05, 0) is 39.8 Å². The molecule has 138 valence electrons. The predicted molar refractivity (Wildman–Crippen MR) is 100 cm³/mol. The Bertz CT molecular complexity index is 575. The molecule has 0 radical (unpaired) electrons. The summed E-state index contributed by atoms with van der Waals surface area (Å²) < 4.78 is 0. The lowest BCUT2D eigenvalue weighted by atomic mass is 10.1. The SMILES string of the molecule is C[C@@H](C(=O)NC(C)(C)C)N1CCN(CC(=O)Nc2ccccc2)CC1. The van der Waals surface area contributed by atoms with E-state index in [2.05, 4.69) is 20.4 Å². The van der Waals surface area contributed by atoms with Crippen LogP contribution in [0.5, 0.6) is 0 Å². The second kappa shape index (κ2) is 8.45. The highest BCUT2D eigenvalue weighted by atomic mass is 16.2. The quantitative estimate of drug-likeness (QED) is 0.849. The molecular formula is C19H30N4O2. The molecule has 2 N–H and O–H groups in total. The number of benzene rings is 1. The smallest absolute Gasteiger partial charge is 0.238 e. The molecule has 1 atom stereocenters. The summed E-state index contributed by atoms with van der Waals surface area (Å²) in [4.78, 5) is 28.7. The number of carbonyl (C=O) groups is 2.